The van der Waals surface area contributed by atoms with Crippen molar-refractivity contribution in [2.75, 3.05) is 26.8 Å². The van der Waals surface area contributed by atoms with Crippen molar-refractivity contribution in [2.45, 2.75) is 44.8 Å². The van der Waals surface area contributed by atoms with Crippen molar-refractivity contribution in [3.63, 3.8) is 0 Å². The number of nitrogens with zero attached hydrogens (tertiary/aromatic N) is 1. The Morgan fingerprint density at radius 3 is 2.75 bits per heavy atom. The lowest BCUT2D eigenvalue weighted by atomic mass is 9.98. The fraction of sp³-hybridized carbons (Fsp3) is 0.647. The van der Waals surface area contributed by atoms with E-state index in [0.29, 0.717) is 18.1 Å². The van der Waals surface area contributed by atoms with Crippen LogP contribution in [0.3, 0.4) is 0 Å². The highest BCUT2D eigenvalue weighted by Gasteiger charge is 2.30. The second kappa shape index (κ2) is 7.77. The number of ether oxygens (including phenoxy) is 1. The third-order valence-corrected chi connectivity index (χ3v) is 4.32. The first kappa shape index (κ1) is 15.5. The molecular formula is C17H28N2O. The summed E-state index contributed by atoms with van der Waals surface area (Å²) in [6.07, 6.45) is 2.30. The molecule has 112 valence electrons. The second-order valence-electron chi connectivity index (χ2n) is 5.86. The Morgan fingerprint density at radius 2 is 2.10 bits per heavy atom. The lowest BCUT2D eigenvalue weighted by molar-refractivity contribution is 0.0407. The van der Waals surface area contributed by atoms with Gasteiger partial charge in [-0.25, -0.2) is 0 Å². The van der Waals surface area contributed by atoms with Crippen LogP contribution in [0.15, 0.2) is 30.3 Å². The van der Waals surface area contributed by atoms with E-state index in [-0.39, 0.29) is 0 Å². The summed E-state index contributed by atoms with van der Waals surface area (Å²) < 4.78 is 5.36. The molecule has 1 N–H and O–H groups in total. The van der Waals surface area contributed by atoms with Crippen LogP contribution < -0.4 is 5.32 Å². The molecule has 1 aliphatic heterocycles. The summed E-state index contributed by atoms with van der Waals surface area (Å²) in [6.45, 7) is 7.54. The number of benzene rings is 1. The van der Waals surface area contributed by atoms with Crippen molar-refractivity contribution in [3.05, 3.63) is 35.9 Å². The van der Waals surface area contributed by atoms with Crippen LogP contribution in [0.4, 0.5) is 0 Å². The molecule has 1 aromatic carbocycles. The quantitative estimate of drug-likeness (QED) is 0.863. The van der Waals surface area contributed by atoms with Gasteiger partial charge in [-0.1, -0.05) is 37.3 Å². The van der Waals surface area contributed by atoms with Crippen LogP contribution in [0.5, 0.6) is 0 Å². The van der Waals surface area contributed by atoms with Gasteiger partial charge in [0.15, 0.2) is 0 Å². The van der Waals surface area contributed by atoms with Gasteiger partial charge in [0.2, 0.25) is 0 Å². The van der Waals surface area contributed by atoms with Crippen LogP contribution in [0, 0.1) is 0 Å². The maximum atomic E-state index is 5.36. The molecule has 1 heterocycles. The van der Waals surface area contributed by atoms with E-state index in [2.05, 4.69) is 54.4 Å². The van der Waals surface area contributed by atoms with Crippen LogP contribution in [0.25, 0.3) is 0 Å². The molecule has 2 rings (SSSR count). The van der Waals surface area contributed by atoms with Gasteiger partial charge in [-0.15, -0.1) is 0 Å². The molecule has 0 saturated carbocycles. The minimum absolute atomic E-state index is 0.477. The van der Waals surface area contributed by atoms with Crippen molar-refractivity contribution < 1.29 is 4.74 Å². The summed E-state index contributed by atoms with van der Waals surface area (Å²) in [6, 6.07) is 12.4. The van der Waals surface area contributed by atoms with Crippen LogP contribution >= 0.6 is 0 Å². The number of piperazine rings is 1. The van der Waals surface area contributed by atoms with E-state index >= 15 is 0 Å². The molecule has 0 aliphatic carbocycles. The van der Waals surface area contributed by atoms with E-state index < -0.39 is 0 Å². The van der Waals surface area contributed by atoms with Gasteiger partial charge in [-0.05, 0) is 25.3 Å². The number of rotatable bonds is 6. The smallest absolute Gasteiger partial charge is 0.0615 e. The summed E-state index contributed by atoms with van der Waals surface area (Å²) in [5, 5.41) is 3.68. The minimum Gasteiger partial charge on any atom is -0.383 e. The summed E-state index contributed by atoms with van der Waals surface area (Å²) in [5.74, 6) is 0. The van der Waals surface area contributed by atoms with Gasteiger partial charge in [0.05, 0.1) is 6.61 Å². The van der Waals surface area contributed by atoms with Crippen molar-refractivity contribution in [1.82, 2.24) is 10.2 Å². The molecular weight excluding hydrogens is 248 g/mol. The molecule has 0 radical (unpaired) electrons. The molecule has 1 aliphatic rings. The molecule has 3 nitrogen and oxygen atoms in total. The highest BCUT2D eigenvalue weighted by Crippen LogP contribution is 2.17. The molecule has 1 fully saturated rings. The van der Waals surface area contributed by atoms with E-state index in [1.807, 2.05) is 0 Å². The Kier molecular flexibility index (Phi) is 6.02. The van der Waals surface area contributed by atoms with Gasteiger partial charge >= 0.3 is 0 Å². The van der Waals surface area contributed by atoms with E-state index in [9.17, 15) is 0 Å². The first-order chi connectivity index (χ1) is 9.74. The lowest BCUT2D eigenvalue weighted by Gasteiger charge is -2.43. The highest BCUT2D eigenvalue weighted by atomic mass is 16.5. The van der Waals surface area contributed by atoms with E-state index in [1.54, 1.807) is 7.11 Å². The molecule has 20 heavy (non-hydrogen) atoms. The zero-order valence-electron chi connectivity index (χ0n) is 13.0. The molecule has 0 bridgehead atoms. The number of nitrogens with one attached hydrogen (secondary N) is 1. The first-order valence-corrected chi connectivity index (χ1v) is 7.76. The van der Waals surface area contributed by atoms with E-state index in [4.69, 9.17) is 4.74 Å². The van der Waals surface area contributed by atoms with Crippen molar-refractivity contribution >= 4 is 0 Å². The molecule has 3 unspecified atom stereocenters. The maximum Gasteiger partial charge on any atom is 0.0615 e. The molecule has 0 spiro atoms. The Balaban J connectivity index is 2.04. The average molecular weight is 276 g/mol. The third-order valence-electron chi connectivity index (χ3n) is 4.32. The zero-order chi connectivity index (χ0) is 14.4. The minimum atomic E-state index is 0.477. The zero-order valence-corrected chi connectivity index (χ0v) is 13.0. The van der Waals surface area contributed by atoms with Gasteiger partial charge in [-0.2, -0.15) is 0 Å². The van der Waals surface area contributed by atoms with Crippen molar-refractivity contribution in [3.8, 4) is 0 Å². The number of hydrogen-bond acceptors (Lipinski definition) is 3. The first-order valence-electron chi connectivity index (χ1n) is 7.76. The summed E-state index contributed by atoms with van der Waals surface area (Å²) in [4.78, 5) is 2.63. The molecule has 1 saturated heterocycles. The van der Waals surface area contributed by atoms with Gasteiger partial charge in [0.25, 0.3) is 0 Å². The lowest BCUT2D eigenvalue weighted by Crippen LogP contribution is -2.60. The van der Waals surface area contributed by atoms with Crippen molar-refractivity contribution in [1.29, 1.82) is 0 Å². The predicted molar refractivity (Wildman–Crippen MR) is 84.1 cm³/mol. The highest BCUT2D eigenvalue weighted by molar-refractivity contribution is 5.16. The Morgan fingerprint density at radius 1 is 1.35 bits per heavy atom. The standard InChI is InChI=1S/C17H28N2O/c1-4-16-12-19(14(2)13-20-3)17(11-18-16)10-15-8-6-5-7-9-15/h5-9,14,16-18H,4,10-13H2,1-3H3. The van der Waals surface area contributed by atoms with Gasteiger partial charge in [0.1, 0.15) is 0 Å². The largest absolute Gasteiger partial charge is 0.383 e. The summed E-state index contributed by atoms with van der Waals surface area (Å²) in [7, 11) is 1.79. The predicted octanol–water partition coefficient (Wildman–Crippen LogP) is 2.32. The Bertz CT molecular complexity index is 382. The van der Waals surface area contributed by atoms with Crippen LogP contribution in [-0.2, 0) is 11.2 Å². The fourth-order valence-electron chi connectivity index (χ4n) is 3.11. The molecule has 3 heteroatoms. The van der Waals surface area contributed by atoms with Crippen LogP contribution in [0.1, 0.15) is 25.8 Å². The van der Waals surface area contributed by atoms with Gasteiger partial charge < -0.3 is 10.1 Å². The normalized spacial score (nSPS) is 25.6. The number of hydrogen-bond donors (Lipinski definition) is 1. The Hall–Kier alpha value is -0.900. The van der Waals surface area contributed by atoms with Gasteiger partial charge in [-0.3, -0.25) is 4.90 Å². The monoisotopic (exact) mass is 276 g/mol. The van der Waals surface area contributed by atoms with Crippen LogP contribution in [0.2, 0.25) is 0 Å². The van der Waals surface area contributed by atoms with Crippen molar-refractivity contribution in [2.24, 2.45) is 0 Å². The van der Waals surface area contributed by atoms with Gasteiger partial charge in [0, 0.05) is 38.3 Å². The molecule has 0 amide bonds. The second-order valence-corrected chi connectivity index (χ2v) is 5.86. The molecule has 3 atom stereocenters. The fourth-order valence-corrected chi connectivity index (χ4v) is 3.11. The number of methoxy groups -OCH3 is 1. The molecule has 1 aromatic rings. The average Bonchev–Trinajstić information content (AvgIpc) is 2.49. The SMILES string of the molecule is CCC1CN(C(C)COC)C(Cc2ccccc2)CN1. The maximum absolute atomic E-state index is 5.36. The van der Waals surface area contributed by atoms with E-state index in [1.165, 1.54) is 12.0 Å². The van der Waals surface area contributed by atoms with Crippen LogP contribution in [-0.4, -0.2) is 49.8 Å². The molecule has 0 aromatic heterocycles. The Labute approximate surface area is 123 Å². The van der Waals surface area contributed by atoms with E-state index in [0.717, 1.165) is 26.1 Å². The topological polar surface area (TPSA) is 24.5 Å². The third kappa shape index (κ3) is 4.05. The summed E-state index contributed by atoms with van der Waals surface area (Å²) in [5.41, 5.74) is 1.42. The summed E-state index contributed by atoms with van der Waals surface area (Å²) >= 11 is 0.